The topological polar surface area (TPSA) is 65.1 Å². The van der Waals surface area contributed by atoms with Crippen molar-refractivity contribution in [2.24, 2.45) is 11.8 Å². The van der Waals surface area contributed by atoms with Crippen LogP contribution in [-0.2, 0) is 11.0 Å². The molecule has 2 aromatic heterocycles. The van der Waals surface area contributed by atoms with Gasteiger partial charge >= 0.3 is 0 Å². The van der Waals surface area contributed by atoms with E-state index in [2.05, 4.69) is 38.1 Å². The van der Waals surface area contributed by atoms with Crippen LogP contribution in [0.2, 0.25) is 0 Å². The number of H-pyrrole nitrogens is 1. The number of fused-ring (bicyclic) bond motifs is 1. The molecule has 0 aromatic carbocycles. The summed E-state index contributed by atoms with van der Waals surface area (Å²) in [5.74, 6) is 3.05. The second-order valence-electron chi connectivity index (χ2n) is 7.66. The van der Waals surface area contributed by atoms with Crippen LogP contribution in [0.15, 0.2) is 18.6 Å². The van der Waals surface area contributed by atoms with E-state index in [0.29, 0.717) is 17.9 Å². The molecular formula is C18H27N5OS. The molecule has 1 saturated heterocycles. The van der Waals surface area contributed by atoms with Gasteiger partial charge in [-0.2, -0.15) is 0 Å². The first-order valence-electron chi connectivity index (χ1n) is 9.26. The van der Waals surface area contributed by atoms with Crippen LogP contribution in [0.1, 0.15) is 32.6 Å². The first kappa shape index (κ1) is 17.0. The van der Waals surface area contributed by atoms with Crippen LogP contribution in [0, 0.1) is 11.8 Å². The number of aromatic nitrogens is 3. The smallest absolute Gasteiger partial charge is 0.142 e. The lowest BCUT2D eigenvalue weighted by molar-refractivity contribution is 0.269. The quantitative estimate of drug-likeness (QED) is 0.889. The Morgan fingerprint density at radius 3 is 3.04 bits per heavy atom. The first-order chi connectivity index (χ1) is 12.1. The van der Waals surface area contributed by atoms with E-state index in [0.717, 1.165) is 48.5 Å². The third kappa shape index (κ3) is 3.44. The first-order valence-corrected chi connectivity index (χ1v) is 10.5. The third-order valence-corrected chi connectivity index (χ3v) is 7.38. The average molecular weight is 362 g/mol. The van der Waals surface area contributed by atoms with Crippen molar-refractivity contribution in [3.05, 3.63) is 18.6 Å². The van der Waals surface area contributed by atoms with E-state index in [-0.39, 0.29) is 0 Å². The maximum absolute atomic E-state index is 12.6. The van der Waals surface area contributed by atoms with Crippen molar-refractivity contribution in [3.63, 3.8) is 0 Å². The third-order valence-electron chi connectivity index (χ3n) is 5.71. The summed E-state index contributed by atoms with van der Waals surface area (Å²) in [4.78, 5) is 14.1. The molecule has 0 amide bonds. The Bertz CT molecular complexity index is 757. The minimum atomic E-state index is -0.810. The largest absolute Gasteiger partial charge is 0.356 e. The predicted octanol–water partition coefficient (Wildman–Crippen LogP) is 2.57. The van der Waals surface area contributed by atoms with Crippen LogP contribution >= 0.6 is 0 Å². The molecule has 1 N–H and O–H groups in total. The Labute approximate surface area is 151 Å². The van der Waals surface area contributed by atoms with Crippen molar-refractivity contribution in [1.29, 1.82) is 0 Å². The van der Waals surface area contributed by atoms with Crippen molar-refractivity contribution in [2.75, 3.05) is 30.8 Å². The zero-order valence-electron chi connectivity index (χ0n) is 15.0. The molecule has 1 aliphatic heterocycles. The molecule has 2 aliphatic rings. The molecule has 7 heteroatoms. The van der Waals surface area contributed by atoms with Gasteiger partial charge in [-0.05, 0) is 43.6 Å². The van der Waals surface area contributed by atoms with Gasteiger partial charge in [0.25, 0.3) is 0 Å². The minimum absolute atomic E-state index is 0.482. The number of rotatable bonds is 5. The summed E-state index contributed by atoms with van der Waals surface area (Å²) >= 11 is 0. The van der Waals surface area contributed by atoms with E-state index in [1.54, 1.807) is 6.33 Å². The highest BCUT2D eigenvalue weighted by molar-refractivity contribution is 7.82. The highest BCUT2D eigenvalue weighted by atomic mass is 32.2. The lowest BCUT2D eigenvalue weighted by Crippen LogP contribution is -2.46. The van der Waals surface area contributed by atoms with Crippen molar-refractivity contribution in [3.8, 4) is 0 Å². The molecular weight excluding hydrogens is 334 g/mol. The van der Waals surface area contributed by atoms with E-state index in [9.17, 15) is 4.21 Å². The minimum Gasteiger partial charge on any atom is -0.356 e. The number of piperidine rings is 1. The Kier molecular flexibility index (Phi) is 4.78. The number of nitrogens with one attached hydrogen (secondary N) is 1. The molecule has 0 radical (unpaired) electrons. The summed E-state index contributed by atoms with van der Waals surface area (Å²) in [7, 11) is 1.30. The fourth-order valence-electron chi connectivity index (χ4n) is 4.10. The maximum Gasteiger partial charge on any atom is 0.142 e. The second kappa shape index (κ2) is 7.03. The van der Waals surface area contributed by atoms with E-state index in [1.165, 1.54) is 12.8 Å². The normalized spacial score (nSPS) is 28.6. The summed E-state index contributed by atoms with van der Waals surface area (Å²) in [6.45, 7) is 4.26. The predicted molar refractivity (Wildman–Crippen MR) is 102 cm³/mol. The van der Waals surface area contributed by atoms with Crippen LogP contribution in [-0.4, -0.2) is 55.4 Å². The lowest BCUT2D eigenvalue weighted by atomic mass is 9.81. The van der Waals surface area contributed by atoms with Crippen molar-refractivity contribution in [2.45, 2.75) is 38.6 Å². The second-order valence-corrected chi connectivity index (χ2v) is 9.16. The molecule has 1 saturated carbocycles. The lowest BCUT2D eigenvalue weighted by Gasteiger charge is -2.42. The number of anilines is 1. The Morgan fingerprint density at radius 2 is 2.24 bits per heavy atom. The van der Waals surface area contributed by atoms with Gasteiger partial charge in [0.1, 0.15) is 17.8 Å². The van der Waals surface area contributed by atoms with Gasteiger partial charge in [-0.25, -0.2) is 18.5 Å². The fraction of sp³-hybridized carbons (Fsp3) is 0.667. The van der Waals surface area contributed by atoms with E-state index >= 15 is 0 Å². The number of hydrogen-bond donors (Lipinski definition) is 1. The zero-order chi connectivity index (χ0) is 17.4. The van der Waals surface area contributed by atoms with Crippen LogP contribution < -0.4 is 4.90 Å². The molecule has 25 heavy (non-hydrogen) atoms. The van der Waals surface area contributed by atoms with E-state index in [1.807, 2.05) is 12.3 Å². The van der Waals surface area contributed by atoms with Gasteiger partial charge in [0.2, 0.25) is 0 Å². The molecule has 136 valence electrons. The molecule has 0 spiro atoms. The standard InChI is InChI=1S/C18H27N5OS/c1-13-4-3-7-23(10-13)25(24)11-14-8-15(9-14)22(2)18-16-5-6-19-17(16)20-12-21-18/h5-6,12-15H,3-4,7-11H2,1-2H3,(H,19,20,21). The van der Waals surface area contributed by atoms with Crippen molar-refractivity contribution >= 4 is 27.8 Å². The van der Waals surface area contributed by atoms with Crippen molar-refractivity contribution in [1.82, 2.24) is 19.3 Å². The van der Waals surface area contributed by atoms with E-state index < -0.39 is 11.0 Å². The Balaban J connectivity index is 1.32. The highest BCUT2D eigenvalue weighted by Gasteiger charge is 2.35. The van der Waals surface area contributed by atoms with Crippen LogP contribution in [0.3, 0.4) is 0 Å². The van der Waals surface area contributed by atoms with Crippen molar-refractivity contribution < 1.29 is 4.21 Å². The van der Waals surface area contributed by atoms with Crippen LogP contribution in [0.25, 0.3) is 11.0 Å². The Morgan fingerprint density at radius 1 is 1.40 bits per heavy atom. The molecule has 2 aromatic rings. The molecule has 4 rings (SSSR count). The number of aromatic amines is 1. The van der Waals surface area contributed by atoms with Gasteiger partial charge in [0, 0.05) is 38.1 Å². The van der Waals surface area contributed by atoms with Gasteiger partial charge in [0.05, 0.1) is 16.4 Å². The van der Waals surface area contributed by atoms with Gasteiger partial charge in [0.15, 0.2) is 0 Å². The van der Waals surface area contributed by atoms with Gasteiger partial charge in [-0.1, -0.05) is 6.92 Å². The van der Waals surface area contributed by atoms with Gasteiger partial charge < -0.3 is 9.88 Å². The fourth-order valence-corrected chi connectivity index (χ4v) is 5.74. The van der Waals surface area contributed by atoms with Gasteiger partial charge in [-0.15, -0.1) is 0 Å². The zero-order valence-corrected chi connectivity index (χ0v) is 15.8. The molecule has 0 bridgehead atoms. The summed E-state index contributed by atoms with van der Waals surface area (Å²) in [5, 5.41) is 1.07. The number of nitrogens with zero attached hydrogens (tertiary/aromatic N) is 4. The van der Waals surface area contributed by atoms with Crippen LogP contribution in [0.4, 0.5) is 5.82 Å². The molecule has 2 atom stereocenters. The Hall–Kier alpha value is -1.47. The molecule has 1 aliphatic carbocycles. The molecule has 2 fully saturated rings. The molecule has 6 nitrogen and oxygen atoms in total. The molecule has 3 heterocycles. The summed E-state index contributed by atoms with van der Waals surface area (Å²) in [5.41, 5.74) is 0.882. The summed E-state index contributed by atoms with van der Waals surface area (Å²) in [6, 6.07) is 2.51. The SMILES string of the molecule is CC1CCCN(S(=O)CC2CC(N(C)c3ncnc4[nH]ccc34)C2)C1. The van der Waals surface area contributed by atoms with Crippen LogP contribution in [0.5, 0.6) is 0 Å². The number of hydrogen-bond acceptors (Lipinski definition) is 4. The summed E-state index contributed by atoms with van der Waals surface area (Å²) in [6.07, 6.45) is 8.18. The van der Waals surface area contributed by atoms with E-state index in [4.69, 9.17) is 0 Å². The maximum atomic E-state index is 12.6. The average Bonchev–Trinajstić information content (AvgIpc) is 3.05. The van der Waals surface area contributed by atoms with Gasteiger partial charge in [-0.3, -0.25) is 0 Å². The molecule has 2 unspecified atom stereocenters. The monoisotopic (exact) mass is 361 g/mol. The highest BCUT2D eigenvalue weighted by Crippen LogP contribution is 2.36. The summed E-state index contributed by atoms with van der Waals surface area (Å²) < 4.78 is 14.8.